The van der Waals surface area contributed by atoms with E-state index < -0.39 is 0 Å². The number of nitrogens with one attached hydrogen (secondary N) is 2. The number of carbonyl (C=O) groups excluding carboxylic acids is 1. The minimum Gasteiger partial charge on any atom is -0.394 e. The van der Waals surface area contributed by atoms with E-state index >= 15 is 0 Å². The molecule has 1 aliphatic carbocycles. The molecule has 1 aliphatic heterocycles. The standard InChI is InChI=1S/C16H30N2O2/c1-3-13-6-8-17-14(9-13)15(20)18-16(11-19)7-4-5-12(2)10-16/h12-14,17,19H,3-11H2,1-2H3,(H,18,20). The number of rotatable bonds is 4. The molecule has 2 aliphatic rings. The monoisotopic (exact) mass is 282 g/mol. The maximum Gasteiger partial charge on any atom is 0.237 e. The minimum absolute atomic E-state index is 0.0625. The summed E-state index contributed by atoms with van der Waals surface area (Å²) < 4.78 is 0. The van der Waals surface area contributed by atoms with Crippen LogP contribution in [0.3, 0.4) is 0 Å². The molecule has 116 valence electrons. The topological polar surface area (TPSA) is 61.4 Å². The third-order valence-corrected chi connectivity index (χ3v) is 5.19. The van der Waals surface area contributed by atoms with Gasteiger partial charge in [0.15, 0.2) is 0 Å². The van der Waals surface area contributed by atoms with Crippen molar-refractivity contribution in [2.75, 3.05) is 13.2 Å². The predicted octanol–water partition coefficient (Wildman–Crippen LogP) is 1.82. The number of hydrogen-bond acceptors (Lipinski definition) is 3. The van der Waals surface area contributed by atoms with Crippen molar-refractivity contribution in [3.8, 4) is 0 Å². The van der Waals surface area contributed by atoms with Crippen molar-refractivity contribution in [3.63, 3.8) is 0 Å². The van der Waals surface area contributed by atoms with Gasteiger partial charge in [-0.05, 0) is 44.1 Å². The van der Waals surface area contributed by atoms with Crippen molar-refractivity contribution in [2.24, 2.45) is 11.8 Å². The second kappa shape index (κ2) is 6.90. The number of carbonyl (C=O) groups is 1. The van der Waals surface area contributed by atoms with Crippen LogP contribution in [0.4, 0.5) is 0 Å². The highest BCUT2D eigenvalue weighted by molar-refractivity contribution is 5.82. The van der Waals surface area contributed by atoms with Crippen LogP contribution in [0.2, 0.25) is 0 Å². The molecule has 0 aromatic heterocycles. The molecule has 0 aromatic rings. The molecule has 1 saturated carbocycles. The SMILES string of the molecule is CCC1CCNC(C(=O)NC2(CO)CCCC(C)C2)C1. The molecule has 20 heavy (non-hydrogen) atoms. The summed E-state index contributed by atoms with van der Waals surface area (Å²) in [4.78, 5) is 12.5. The van der Waals surface area contributed by atoms with E-state index in [1.54, 1.807) is 0 Å². The highest BCUT2D eigenvalue weighted by Gasteiger charge is 2.38. The van der Waals surface area contributed by atoms with E-state index in [-0.39, 0.29) is 24.1 Å². The molecule has 2 fully saturated rings. The van der Waals surface area contributed by atoms with Crippen LogP contribution < -0.4 is 10.6 Å². The summed E-state index contributed by atoms with van der Waals surface area (Å²) in [5, 5.41) is 16.3. The lowest BCUT2D eigenvalue weighted by Gasteiger charge is -2.41. The van der Waals surface area contributed by atoms with Crippen LogP contribution >= 0.6 is 0 Å². The normalized spacial score (nSPS) is 38.5. The summed E-state index contributed by atoms with van der Waals surface area (Å²) in [7, 11) is 0. The van der Waals surface area contributed by atoms with Crippen molar-refractivity contribution in [3.05, 3.63) is 0 Å². The van der Waals surface area contributed by atoms with Gasteiger partial charge in [-0.15, -0.1) is 0 Å². The Hall–Kier alpha value is -0.610. The fourth-order valence-electron chi connectivity index (χ4n) is 3.87. The van der Waals surface area contributed by atoms with Gasteiger partial charge < -0.3 is 15.7 Å². The summed E-state index contributed by atoms with van der Waals surface area (Å²) in [6.45, 7) is 5.40. The van der Waals surface area contributed by atoms with Crippen molar-refractivity contribution in [1.82, 2.24) is 10.6 Å². The van der Waals surface area contributed by atoms with Gasteiger partial charge in [0.1, 0.15) is 0 Å². The summed E-state index contributed by atoms with van der Waals surface area (Å²) in [5.74, 6) is 1.33. The van der Waals surface area contributed by atoms with Crippen molar-refractivity contribution >= 4 is 5.91 Å². The highest BCUT2D eigenvalue weighted by atomic mass is 16.3. The Bertz CT molecular complexity index is 334. The van der Waals surface area contributed by atoms with Gasteiger partial charge in [-0.25, -0.2) is 0 Å². The Morgan fingerprint density at radius 2 is 2.25 bits per heavy atom. The second-order valence-electron chi connectivity index (χ2n) is 6.93. The zero-order valence-corrected chi connectivity index (χ0v) is 13.0. The molecule has 3 N–H and O–H groups in total. The Labute approximate surface area is 122 Å². The molecule has 4 nitrogen and oxygen atoms in total. The Morgan fingerprint density at radius 3 is 2.90 bits per heavy atom. The summed E-state index contributed by atoms with van der Waals surface area (Å²) in [6.07, 6.45) is 7.35. The van der Waals surface area contributed by atoms with E-state index in [0.29, 0.717) is 11.8 Å². The van der Waals surface area contributed by atoms with Gasteiger partial charge in [-0.2, -0.15) is 0 Å². The summed E-state index contributed by atoms with van der Waals surface area (Å²) in [5.41, 5.74) is -0.379. The minimum atomic E-state index is -0.379. The van der Waals surface area contributed by atoms with E-state index in [1.165, 1.54) is 12.8 Å². The molecule has 1 heterocycles. The van der Waals surface area contributed by atoms with Gasteiger partial charge in [0.25, 0.3) is 0 Å². The third-order valence-electron chi connectivity index (χ3n) is 5.19. The first-order valence-electron chi connectivity index (χ1n) is 8.25. The fraction of sp³-hybridized carbons (Fsp3) is 0.938. The molecule has 4 heteroatoms. The van der Waals surface area contributed by atoms with Crippen LogP contribution in [0, 0.1) is 11.8 Å². The number of piperidine rings is 1. The number of aliphatic hydroxyl groups is 1. The van der Waals surface area contributed by atoms with Gasteiger partial charge in [0.2, 0.25) is 5.91 Å². The smallest absolute Gasteiger partial charge is 0.237 e. The van der Waals surface area contributed by atoms with Crippen LogP contribution in [-0.2, 0) is 4.79 Å². The first-order chi connectivity index (χ1) is 9.58. The van der Waals surface area contributed by atoms with E-state index in [9.17, 15) is 9.90 Å². The maximum absolute atomic E-state index is 12.5. The molecule has 2 rings (SSSR count). The van der Waals surface area contributed by atoms with Crippen LogP contribution in [-0.4, -0.2) is 35.7 Å². The summed E-state index contributed by atoms with van der Waals surface area (Å²) >= 11 is 0. The van der Waals surface area contributed by atoms with E-state index in [2.05, 4.69) is 24.5 Å². The molecule has 4 atom stereocenters. The molecule has 0 aromatic carbocycles. The van der Waals surface area contributed by atoms with Gasteiger partial charge in [-0.1, -0.05) is 33.1 Å². The first kappa shape index (κ1) is 15.8. The first-order valence-corrected chi connectivity index (χ1v) is 8.25. The molecule has 0 spiro atoms. The zero-order valence-electron chi connectivity index (χ0n) is 13.0. The van der Waals surface area contributed by atoms with Crippen LogP contribution in [0.15, 0.2) is 0 Å². The number of aliphatic hydroxyl groups excluding tert-OH is 1. The average molecular weight is 282 g/mol. The molecular weight excluding hydrogens is 252 g/mol. The Balaban J connectivity index is 1.94. The summed E-state index contributed by atoms with van der Waals surface area (Å²) in [6, 6.07) is -0.0747. The molecule has 1 saturated heterocycles. The molecule has 4 unspecified atom stereocenters. The fourth-order valence-corrected chi connectivity index (χ4v) is 3.87. The van der Waals surface area contributed by atoms with E-state index in [0.717, 1.165) is 38.6 Å². The van der Waals surface area contributed by atoms with E-state index in [4.69, 9.17) is 0 Å². The number of amides is 1. The van der Waals surface area contributed by atoms with Gasteiger partial charge in [0.05, 0.1) is 18.2 Å². The molecular formula is C16H30N2O2. The second-order valence-corrected chi connectivity index (χ2v) is 6.93. The van der Waals surface area contributed by atoms with Crippen molar-refractivity contribution < 1.29 is 9.90 Å². The van der Waals surface area contributed by atoms with Gasteiger partial charge >= 0.3 is 0 Å². The van der Waals surface area contributed by atoms with Gasteiger partial charge in [0, 0.05) is 0 Å². The molecule has 0 bridgehead atoms. The van der Waals surface area contributed by atoms with E-state index in [1.807, 2.05) is 0 Å². The lowest BCUT2D eigenvalue weighted by molar-refractivity contribution is -0.127. The van der Waals surface area contributed by atoms with Gasteiger partial charge in [-0.3, -0.25) is 4.79 Å². The molecule has 0 radical (unpaired) electrons. The number of hydrogen-bond donors (Lipinski definition) is 3. The van der Waals surface area contributed by atoms with Crippen LogP contribution in [0.1, 0.15) is 58.8 Å². The predicted molar refractivity (Wildman–Crippen MR) is 80.4 cm³/mol. The average Bonchev–Trinajstić information content (AvgIpc) is 2.47. The van der Waals surface area contributed by atoms with Crippen molar-refractivity contribution in [2.45, 2.75) is 70.4 Å². The largest absolute Gasteiger partial charge is 0.394 e. The van der Waals surface area contributed by atoms with Crippen LogP contribution in [0.25, 0.3) is 0 Å². The van der Waals surface area contributed by atoms with Crippen molar-refractivity contribution in [1.29, 1.82) is 0 Å². The quantitative estimate of drug-likeness (QED) is 0.737. The van der Waals surface area contributed by atoms with Crippen LogP contribution in [0.5, 0.6) is 0 Å². The maximum atomic E-state index is 12.5. The lowest BCUT2D eigenvalue weighted by atomic mass is 9.76. The Morgan fingerprint density at radius 1 is 1.45 bits per heavy atom. The lowest BCUT2D eigenvalue weighted by Crippen LogP contribution is -2.59. The highest BCUT2D eigenvalue weighted by Crippen LogP contribution is 2.32. The third kappa shape index (κ3) is 3.73. The zero-order chi connectivity index (χ0) is 14.6. The Kier molecular flexibility index (Phi) is 5.44. The molecule has 1 amide bonds.